The second-order valence-corrected chi connectivity index (χ2v) is 7.65. The number of aromatic nitrogens is 1. The van der Waals surface area contributed by atoms with Crippen molar-refractivity contribution < 1.29 is 14.6 Å². The van der Waals surface area contributed by atoms with E-state index in [-0.39, 0.29) is 24.1 Å². The highest BCUT2D eigenvalue weighted by Crippen LogP contribution is 2.52. The Hall–Kier alpha value is -3.11. The van der Waals surface area contributed by atoms with Crippen LogP contribution in [-0.2, 0) is 10.3 Å². The minimum atomic E-state index is -0.674. The number of aliphatic imine (C=N–C) groups is 1. The number of aliphatic hydroxyl groups is 1. The molecule has 7 heteroatoms. The van der Waals surface area contributed by atoms with Crippen LogP contribution in [-0.4, -0.2) is 34.9 Å². The van der Waals surface area contributed by atoms with Crippen LogP contribution in [0.2, 0.25) is 0 Å². The number of pyridine rings is 1. The Balaban J connectivity index is 1.66. The van der Waals surface area contributed by atoms with Gasteiger partial charge in [0.1, 0.15) is 24.0 Å². The lowest BCUT2D eigenvalue weighted by atomic mass is 9.67. The molecule has 2 unspecified atom stereocenters. The maximum absolute atomic E-state index is 10.3. The first-order valence-corrected chi connectivity index (χ1v) is 9.43. The van der Waals surface area contributed by atoms with E-state index in [0.29, 0.717) is 24.3 Å². The molecule has 0 bridgehead atoms. The summed E-state index contributed by atoms with van der Waals surface area (Å²) in [5, 5.41) is 19.5. The van der Waals surface area contributed by atoms with Gasteiger partial charge in [0, 0.05) is 23.2 Å². The molecule has 2 aromatic rings. The lowest BCUT2D eigenvalue weighted by Crippen LogP contribution is -2.51. The molecule has 0 amide bonds. The minimum absolute atomic E-state index is 0.0153. The zero-order chi connectivity index (χ0) is 19.3. The smallest absolute Gasteiger partial charge is 0.283 e. The summed E-state index contributed by atoms with van der Waals surface area (Å²) >= 11 is 0. The third-order valence-electron chi connectivity index (χ3n) is 6.03. The molecule has 1 fully saturated rings. The molecule has 7 nitrogen and oxygen atoms in total. The van der Waals surface area contributed by atoms with Crippen LogP contribution in [0.4, 0.5) is 0 Å². The molecule has 3 N–H and O–H groups in total. The molecule has 1 aliphatic carbocycles. The van der Waals surface area contributed by atoms with Crippen molar-refractivity contribution in [3.05, 3.63) is 47.7 Å². The van der Waals surface area contributed by atoms with Gasteiger partial charge in [0.05, 0.1) is 23.4 Å². The van der Waals surface area contributed by atoms with E-state index in [9.17, 15) is 10.4 Å². The first-order valence-electron chi connectivity index (χ1n) is 9.43. The van der Waals surface area contributed by atoms with Crippen molar-refractivity contribution in [2.75, 3.05) is 6.61 Å². The van der Waals surface area contributed by atoms with E-state index in [1.54, 1.807) is 18.3 Å². The van der Waals surface area contributed by atoms with Gasteiger partial charge in [-0.25, -0.2) is 4.99 Å². The minimum Gasteiger partial charge on any atom is -0.490 e. The Bertz CT molecular complexity index is 1010. The van der Waals surface area contributed by atoms with E-state index in [1.807, 2.05) is 18.2 Å². The highest BCUT2D eigenvalue weighted by Gasteiger charge is 2.55. The summed E-state index contributed by atoms with van der Waals surface area (Å²) < 4.78 is 11.9. The van der Waals surface area contributed by atoms with E-state index in [0.717, 1.165) is 29.7 Å². The normalized spacial score (nSPS) is 30.4. The van der Waals surface area contributed by atoms with Gasteiger partial charge in [0.2, 0.25) is 0 Å². The molecule has 1 aromatic heterocycles. The second kappa shape index (κ2) is 6.21. The van der Waals surface area contributed by atoms with E-state index in [2.05, 4.69) is 11.1 Å². The maximum atomic E-state index is 10.3. The average Bonchev–Trinajstić information content (AvgIpc) is 3.11. The van der Waals surface area contributed by atoms with Crippen LogP contribution in [0.25, 0.3) is 11.3 Å². The fraction of sp³-hybridized carbons (Fsp3) is 0.381. The number of fused-ring (bicyclic) bond motifs is 4. The topological polar surface area (TPSA) is 114 Å². The van der Waals surface area contributed by atoms with Gasteiger partial charge >= 0.3 is 0 Å². The van der Waals surface area contributed by atoms with Gasteiger partial charge in [0.15, 0.2) is 0 Å². The molecule has 2 aliphatic heterocycles. The van der Waals surface area contributed by atoms with Crippen LogP contribution in [0.5, 0.6) is 5.75 Å². The Morgan fingerprint density at radius 3 is 2.93 bits per heavy atom. The number of aliphatic hydroxyl groups excluding tert-OH is 1. The summed E-state index contributed by atoms with van der Waals surface area (Å²) in [6, 6.07) is 11.6. The molecule has 142 valence electrons. The zero-order valence-corrected chi connectivity index (χ0v) is 15.2. The summed E-state index contributed by atoms with van der Waals surface area (Å²) in [6.45, 7) is 0.332. The van der Waals surface area contributed by atoms with Crippen molar-refractivity contribution in [3.63, 3.8) is 0 Å². The highest BCUT2D eigenvalue weighted by molar-refractivity contribution is 5.75. The van der Waals surface area contributed by atoms with Crippen molar-refractivity contribution >= 4 is 6.02 Å². The molecule has 4 atom stereocenters. The van der Waals surface area contributed by atoms with E-state index >= 15 is 0 Å². The van der Waals surface area contributed by atoms with Crippen molar-refractivity contribution in [2.45, 2.75) is 37.0 Å². The number of nitrogens with zero attached hydrogens (tertiary/aromatic N) is 3. The predicted octanol–water partition coefficient (Wildman–Crippen LogP) is 2.08. The third-order valence-corrected chi connectivity index (χ3v) is 6.03. The average molecular weight is 376 g/mol. The number of ether oxygens (including phenoxy) is 2. The number of rotatable bonds is 1. The van der Waals surface area contributed by atoms with Crippen LogP contribution in [0.15, 0.2) is 41.5 Å². The fourth-order valence-corrected chi connectivity index (χ4v) is 4.69. The van der Waals surface area contributed by atoms with Crippen LogP contribution in [0, 0.1) is 17.2 Å². The number of benzene rings is 1. The van der Waals surface area contributed by atoms with E-state index in [1.165, 1.54) is 0 Å². The largest absolute Gasteiger partial charge is 0.490 e. The first-order chi connectivity index (χ1) is 13.6. The standard InChI is InChI=1S/C21H20N4O3/c22-10-12-5-6-24-17(7-12)13-1-3-18-15(8-13)21(11-27-20(23)25-21)16-9-14(26)2-4-19(16)28-18/h1,3,5-8,14,16,19,26H,2,4,9,11H2,(H2,23,25)/t14-,16-,19?,21?/m0/s1. The van der Waals surface area contributed by atoms with Gasteiger partial charge < -0.3 is 20.3 Å². The summed E-state index contributed by atoms with van der Waals surface area (Å²) in [6.07, 6.45) is 3.31. The third kappa shape index (κ3) is 2.53. The molecule has 28 heavy (non-hydrogen) atoms. The molecule has 3 aliphatic rings. The Labute approximate surface area is 162 Å². The highest BCUT2D eigenvalue weighted by atomic mass is 16.5. The molecule has 1 saturated carbocycles. The van der Waals surface area contributed by atoms with Gasteiger partial charge in [0.25, 0.3) is 6.02 Å². The van der Waals surface area contributed by atoms with Gasteiger partial charge in [-0.15, -0.1) is 0 Å². The lowest BCUT2D eigenvalue weighted by molar-refractivity contribution is -0.0359. The van der Waals surface area contributed by atoms with Crippen LogP contribution in [0.3, 0.4) is 0 Å². The summed E-state index contributed by atoms with van der Waals surface area (Å²) in [4.78, 5) is 9.12. The molecular formula is C21H20N4O3. The Kier molecular flexibility index (Phi) is 3.78. The van der Waals surface area contributed by atoms with Crippen molar-refractivity contribution in [3.8, 4) is 23.1 Å². The zero-order valence-electron chi connectivity index (χ0n) is 15.2. The molecule has 0 radical (unpaired) electrons. The SMILES string of the molecule is N#Cc1ccnc(-c2ccc3c(c2)C2(COC(N)=N2)[C@H]2C[C@@H](O)CCC2O3)c1. The maximum Gasteiger partial charge on any atom is 0.283 e. The number of nitriles is 1. The van der Waals surface area contributed by atoms with Crippen LogP contribution >= 0.6 is 0 Å². The summed E-state index contributed by atoms with van der Waals surface area (Å²) in [5.41, 5.74) is 8.26. The van der Waals surface area contributed by atoms with Crippen molar-refractivity contribution in [2.24, 2.45) is 16.6 Å². The van der Waals surface area contributed by atoms with Crippen LogP contribution in [0.1, 0.15) is 30.4 Å². The first kappa shape index (κ1) is 17.0. The number of nitrogens with two attached hydrogens (primary N) is 1. The molecule has 3 heterocycles. The lowest BCUT2D eigenvalue weighted by Gasteiger charge is -2.47. The monoisotopic (exact) mass is 376 g/mol. The summed E-state index contributed by atoms with van der Waals surface area (Å²) in [5.74, 6) is 0.748. The molecule has 5 rings (SSSR count). The van der Waals surface area contributed by atoms with Gasteiger partial charge in [-0.2, -0.15) is 5.26 Å². The quantitative estimate of drug-likeness (QED) is 0.788. The summed E-state index contributed by atoms with van der Waals surface area (Å²) in [7, 11) is 0. The van der Waals surface area contributed by atoms with Crippen molar-refractivity contribution in [1.29, 1.82) is 5.26 Å². The van der Waals surface area contributed by atoms with Gasteiger partial charge in [-0.05, 0) is 49.6 Å². The van der Waals surface area contributed by atoms with E-state index in [4.69, 9.17) is 20.2 Å². The van der Waals surface area contributed by atoms with Crippen LogP contribution < -0.4 is 10.5 Å². The second-order valence-electron chi connectivity index (χ2n) is 7.65. The number of amidine groups is 1. The molecular weight excluding hydrogens is 356 g/mol. The molecule has 1 aromatic carbocycles. The van der Waals surface area contributed by atoms with Gasteiger partial charge in [-0.3, -0.25) is 4.98 Å². The molecule has 0 saturated heterocycles. The Morgan fingerprint density at radius 2 is 2.14 bits per heavy atom. The van der Waals surface area contributed by atoms with Gasteiger partial charge in [-0.1, -0.05) is 0 Å². The predicted molar refractivity (Wildman–Crippen MR) is 101 cm³/mol. The fourth-order valence-electron chi connectivity index (χ4n) is 4.69. The number of hydrogen-bond acceptors (Lipinski definition) is 7. The number of hydrogen-bond donors (Lipinski definition) is 2. The molecule has 1 spiro atoms. The van der Waals surface area contributed by atoms with E-state index < -0.39 is 5.54 Å². The Morgan fingerprint density at radius 1 is 1.25 bits per heavy atom. The van der Waals surface area contributed by atoms with Crippen molar-refractivity contribution in [1.82, 2.24) is 4.98 Å².